The third-order valence-corrected chi connectivity index (χ3v) is 3.83. The van der Waals surface area contributed by atoms with Crippen LogP contribution in [0.5, 0.6) is 0 Å². The van der Waals surface area contributed by atoms with Gasteiger partial charge in [0.05, 0.1) is 11.9 Å². The number of halogens is 2. The van der Waals surface area contributed by atoms with Gasteiger partial charge in [0.2, 0.25) is 5.91 Å². The second-order valence-corrected chi connectivity index (χ2v) is 5.99. The maximum absolute atomic E-state index is 11.5. The van der Waals surface area contributed by atoms with Gasteiger partial charge in [-0.2, -0.15) is 0 Å². The first kappa shape index (κ1) is 17.6. The lowest BCUT2D eigenvalue weighted by Crippen LogP contribution is -2.12. The molecule has 0 bridgehead atoms. The Hall–Kier alpha value is -1.78. The maximum atomic E-state index is 11.5. The molecule has 2 aromatic rings. The lowest BCUT2D eigenvalue weighted by Gasteiger charge is -2.09. The smallest absolute Gasteiger partial charge is 0.225 e. The Labute approximate surface area is 146 Å². The van der Waals surface area contributed by atoms with Crippen molar-refractivity contribution in [1.29, 1.82) is 0 Å². The van der Waals surface area contributed by atoms with E-state index in [1.54, 1.807) is 18.3 Å². The molecule has 0 aliphatic carbocycles. The topological polar surface area (TPSA) is 54.0 Å². The summed E-state index contributed by atoms with van der Waals surface area (Å²) < 4.78 is 0. The number of benzene rings is 1. The number of hydrogen-bond donors (Lipinski definition) is 2. The molecule has 0 aliphatic rings. The SMILES string of the molecule is CCCC(=O)Nc1ccc(NCCc2ccc(Cl)cc2Cl)cn1. The van der Waals surface area contributed by atoms with Gasteiger partial charge in [-0.05, 0) is 42.7 Å². The van der Waals surface area contributed by atoms with Crippen molar-refractivity contribution in [3.63, 3.8) is 0 Å². The molecule has 0 fully saturated rings. The standard InChI is InChI=1S/C17H19Cl2N3O/c1-2-3-17(23)22-16-7-6-14(11-21-16)20-9-8-12-4-5-13(18)10-15(12)19/h4-7,10-11,20H,2-3,8-9H2,1H3,(H,21,22,23). The highest BCUT2D eigenvalue weighted by Crippen LogP contribution is 2.21. The van der Waals surface area contributed by atoms with Crippen molar-refractivity contribution in [2.45, 2.75) is 26.2 Å². The van der Waals surface area contributed by atoms with Crippen LogP contribution in [0.4, 0.5) is 11.5 Å². The summed E-state index contributed by atoms with van der Waals surface area (Å²) in [5.41, 5.74) is 1.93. The van der Waals surface area contributed by atoms with Gasteiger partial charge in [-0.3, -0.25) is 4.79 Å². The largest absolute Gasteiger partial charge is 0.383 e. The molecule has 1 aromatic heterocycles. The van der Waals surface area contributed by atoms with Gasteiger partial charge in [0.15, 0.2) is 0 Å². The third kappa shape index (κ3) is 5.73. The number of rotatable bonds is 7. The molecule has 0 saturated heterocycles. The molecule has 0 spiro atoms. The van der Waals surface area contributed by atoms with Crippen LogP contribution in [0.15, 0.2) is 36.5 Å². The molecule has 122 valence electrons. The number of anilines is 2. The summed E-state index contributed by atoms with van der Waals surface area (Å²) in [5.74, 6) is 0.549. The first-order chi connectivity index (χ1) is 11.1. The Kier molecular flexibility index (Phi) is 6.68. The van der Waals surface area contributed by atoms with Gasteiger partial charge in [-0.15, -0.1) is 0 Å². The number of aromatic nitrogens is 1. The zero-order valence-electron chi connectivity index (χ0n) is 12.9. The zero-order valence-corrected chi connectivity index (χ0v) is 14.4. The number of carbonyl (C=O) groups is 1. The summed E-state index contributed by atoms with van der Waals surface area (Å²) in [4.78, 5) is 15.7. The predicted octanol–water partition coefficient (Wildman–Crippen LogP) is 4.78. The van der Waals surface area contributed by atoms with Crippen molar-refractivity contribution < 1.29 is 4.79 Å². The number of pyridine rings is 1. The van der Waals surface area contributed by atoms with Crippen molar-refractivity contribution in [2.24, 2.45) is 0 Å². The Morgan fingerprint density at radius 2 is 2.04 bits per heavy atom. The quantitative estimate of drug-likeness (QED) is 0.754. The first-order valence-corrected chi connectivity index (χ1v) is 8.27. The third-order valence-electron chi connectivity index (χ3n) is 3.25. The molecule has 1 amide bonds. The molecule has 0 atom stereocenters. The van der Waals surface area contributed by atoms with Crippen LogP contribution >= 0.6 is 23.2 Å². The molecular weight excluding hydrogens is 333 g/mol. The van der Waals surface area contributed by atoms with Gasteiger partial charge in [0.1, 0.15) is 5.82 Å². The van der Waals surface area contributed by atoms with Crippen molar-refractivity contribution in [2.75, 3.05) is 17.2 Å². The van der Waals surface area contributed by atoms with Gasteiger partial charge in [0.25, 0.3) is 0 Å². The van der Waals surface area contributed by atoms with Crippen LogP contribution in [0.3, 0.4) is 0 Å². The lowest BCUT2D eigenvalue weighted by atomic mass is 10.1. The van der Waals surface area contributed by atoms with E-state index in [-0.39, 0.29) is 5.91 Å². The van der Waals surface area contributed by atoms with Gasteiger partial charge in [-0.25, -0.2) is 4.98 Å². The average Bonchev–Trinajstić information content (AvgIpc) is 2.51. The van der Waals surface area contributed by atoms with E-state index < -0.39 is 0 Å². The Balaban J connectivity index is 1.83. The molecule has 6 heteroatoms. The van der Waals surface area contributed by atoms with Crippen molar-refractivity contribution >= 4 is 40.6 Å². The van der Waals surface area contributed by atoms with Crippen LogP contribution < -0.4 is 10.6 Å². The highest BCUT2D eigenvalue weighted by atomic mass is 35.5. The Bertz CT molecular complexity index is 659. The van der Waals surface area contributed by atoms with Crippen LogP contribution in [-0.2, 0) is 11.2 Å². The number of nitrogens with zero attached hydrogens (tertiary/aromatic N) is 1. The number of hydrogen-bond acceptors (Lipinski definition) is 3. The fourth-order valence-corrected chi connectivity index (χ4v) is 2.57. The predicted molar refractivity (Wildman–Crippen MR) is 96.4 cm³/mol. The fourth-order valence-electron chi connectivity index (χ4n) is 2.07. The molecule has 0 saturated carbocycles. The van der Waals surface area contributed by atoms with Crippen LogP contribution in [0.2, 0.25) is 10.0 Å². The van der Waals surface area contributed by atoms with E-state index in [1.807, 2.05) is 25.1 Å². The first-order valence-electron chi connectivity index (χ1n) is 7.52. The number of amides is 1. The molecule has 1 heterocycles. The van der Waals surface area contributed by atoms with Gasteiger partial charge in [0, 0.05) is 23.0 Å². The van der Waals surface area contributed by atoms with Crippen LogP contribution in [-0.4, -0.2) is 17.4 Å². The van der Waals surface area contributed by atoms with E-state index in [9.17, 15) is 4.79 Å². The van der Waals surface area contributed by atoms with Crippen LogP contribution in [0.1, 0.15) is 25.3 Å². The molecule has 0 radical (unpaired) electrons. The second-order valence-electron chi connectivity index (χ2n) is 5.14. The molecule has 2 rings (SSSR count). The Morgan fingerprint density at radius 3 is 2.70 bits per heavy atom. The fraction of sp³-hybridized carbons (Fsp3) is 0.294. The summed E-state index contributed by atoms with van der Waals surface area (Å²) in [6.45, 7) is 2.69. The van der Waals surface area contributed by atoms with Crippen molar-refractivity contribution in [1.82, 2.24) is 4.98 Å². The van der Waals surface area contributed by atoms with E-state index in [4.69, 9.17) is 23.2 Å². The van der Waals surface area contributed by atoms with Crippen molar-refractivity contribution in [3.8, 4) is 0 Å². The van der Waals surface area contributed by atoms with E-state index in [0.717, 1.165) is 30.6 Å². The van der Waals surface area contributed by atoms with E-state index in [2.05, 4.69) is 15.6 Å². The zero-order chi connectivity index (χ0) is 16.7. The number of carbonyl (C=O) groups excluding carboxylic acids is 1. The van der Waals surface area contributed by atoms with Crippen LogP contribution in [0, 0.1) is 0 Å². The van der Waals surface area contributed by atoms with E-state index in [0.29, 0.717) is 22.3 Å². The molecule has 1 aromatic carbocycles. The average molecular weight is 352 g/mol. The van der Waals surface area contributed by atoms with Gasteiger partial charge in [-0.1, -0.05) is 36.2 Å². The summed E-state index contributed by atoms with van der Waals surface area (Å²) in [6, 6.07) is 9.17. The maximum Gasteiger partial charge on any atom is 0.225 e. The monoisotopic (exact) mass is 351 g/mol. The summed E-state index contributed by atoms with van der Waals surface area (Å²) in [7, 11) is 0. The molecule has 2 N–H and O–H groups in total. The normalized spacial score (nSPS) is 10.4. The minimum Gasteiger partial charge on any atom is -0.383 e. The minimum absolute atomic E-state index is 0.0157. The highest BCUT2D eigenvalue weighted by molar-refractivity contribution is 6.35. The molecule has 0 unspecified atom stereocenters. The lowest BCUT2D eigenvalue weighted by molar-refractivity contribution is -0.116. The highest BCUT2D eigenvalue weighted by Gasteiger charge is 2.03. The second kappa shape index (κ2) is 8.75. The van der Waals surface area contributed by atoms with Gasteiger partial charge < -0.3 is 10.6 Å². The molecule has 0 aliphatic heterocycles. The Morgan fingerprint density at radius 1 is 1.22 bits per heavy atom. The summed E-state index contributed by atoms with van der Waals surface area (Å²) >= 11 is 12.0. The molecule has 4 nitrogen and oxygen atoms in total. The van der Waals surface area contributed by atoms with Crippen molar-refractivity contribution in [3.05, 3.63) is 52.1 Å². The minimum atomic E-state index is -0.0157. The summed E-state index contributed by atoms with van der Waals surface area (Å²) in [5, 5.41) is 7.34. The molecular formula is C17H19Cl2N3O. The van der Waals surface area contributed by atoms with E-state index >= 15 is 0 Å². The summed E-state index contributed by atoms with van der Waals surface area (Å²) in [6.07, 6.45) is 3.80. The van der Waals surface area contributed by atoms with Gasteiger partial charge >= 0.3 is 0 Å². The molecule has 23 heavy (non-hydrogen) atoms. The van der Waals surface area contributed by atoms with E-state index in [1.165, 1.54) is 0 Å². The number of nitrogens with one attached hydrogen (secondary N) is 2. The van der Waals surface area contributed by atoms with Crippen LogP contribution in [0.25, 0.3) is 0 Å².